The number of aromatic nitrogens is 1. The molecule has 3 nitrogen and oxygen atoms in total. The van der Waals surface area contributed by atoms with Crippen LogP contribution < -0.4 is 5.73 Å². The minimum absolute atomic E-state index is 0.555. The zero-order chi connectivity index (χ0) is 13.0. The van der Waals surface area contributed by atoms with Gasteiger partial charge in [-0.1, -0.05) is 13.0 Å². The van der Waals surface area contributed by atoms with Crippen molar-refractivity contribution in [1.82, 2.24) is 4.98 Å². The number of rotatable bonds is 6. The standard InChI is InChI=1S/C13H18N2OS2/c1-9(6-14)7-17-8-11-10(2)16-13(15-11)12-4-3-5-18-12/h3-5,9H,6-8,14H2,1-2H3. The van der Waals surface area contributed by atoms with Crippen LogP contribution in [-0.2, 0) is 5.75 Å². The number of oxazole rings is 1. The summed E-state index contributed by atoms with van der Waals surface area (Å²) in [6.45, 7) is 4.89. The number of nitrogens with two attached hydrogens (primary N) is 1. The first-order valence-electron chi connectivity index (χ1n) is 5.98. The molecule has 18 heavy (non-hydrogen) atoms. The Kier molecular flexibility index (Phi) is 4.86. The molecule has 0 radical (unpaired) electrons. The highest BCUT2D eigenvalue weighted by molar-refractivity contribution is 7.98. The molecule has 0 amide bonds. The lowest BCUT2D eigenvalue weighted by Gasteiger charge is -2.06. The number of hydrogen-bond acceptors (Lipinski definition) is 5. The first-order chi connectivity index (χ1) is 8.70. The molecule has 0 bridgehead atoms. The van der Waals surface area contributed by atoms with Crippen molar-refractivity contribution in [1.29, 1.82) is 0 Å². The molecule has 98 valence electrons. The quantitative estimate of drug-likeness (QED) is 0.880. The van der Waals surface area contributed by atoms with Crippen LogP contribution in [0.4, 0.5) is 0 Å². The summed E-state index contributed by atoms with van der Waals surface area (Å²) in [6.07, 6.45) is 0. The summed E-state index contributed by atoms with van der Waals surface area (Å²) in [4.78, 5) is 5.65. The first-order valence-corrected chi connectivity index (χ1v) is 8.02. The lowest BCUT2D eigenvalue weighted by molar-refractivity contribution is 0.542. The summed E-state index contributed by atoms with van der Waals surface area (Å²) in [5.41, 5.74) is 6.65. The van der Waals surface area contributed by atoms with Crippen molar-refractivity contribution < 1.29 is 4.42 Å². The summed E-state index contributed by atoms with van der Waals surface area (Å²) in [7, 11) is 0. The van der Waals surface area contributed by atoms with E-state index in [0.717, 1.165) is 40.3 Å². The Balaban J connectivity index is 1.97. The molecule has 1 unspecified atom stereocenters. The average molecular weight is 282 g/mol. The molecule has 1 atom stereocenters. The predicted octanol–water partition coefficient (Wildman–Crippen LogP) is 3.54. The topological polar surface area (TPSA) is 52.0 Å². The van der Waals surface area contributed by atoms with Crippen LogP contribution in [0, 0.1) is 12.8 Å². The second-order valence-electron chi connectivity index (χ2n) is 4.36. The van der Waals surface area contributed by atoms with E-state index in [2.05, 4.69) is 11.9 Å². The Morgan fingerprint density at radius 2 is 2.39 bits per heavy atom. The molecular weight excluding hydrogens is 264 g/mol. The molecule has 5 heteroatoms. The maximum absolute atomic E-state index is 5.70. The fourth-order valence-electron chi connectivity index (χ4n) is 1.49. The number of hydrogen-bond donors (Lipinski definition) is 1. The second-order valence-corrected chi connectivity index (χ2v) is 6.33. The summed E-state index contributed by atoms with van der Waals surface area (Å²) in [5, 5.41) is 2.03. The highest BCUT2D eigenvalue weighted by atomic mass is 32.2. The van der Waals surface area contributed by atoms with E-state index in [-0.39, 0.29) is 0 Å². The highest BCUT2D eigenvalue weighted by Gasteiger charge is 2.12. The minimum Gasteiger partial charge on any atom is -0.440 e. The Hall–Kier alpha value is -0.780. The van der Waals surface area contributed by atoms with Gasteiger partial charge in [0, 0.05) is 5.75 Å². The third kappa shape index (κ3) is 3.37. The van der Waals surface area contributed by atoms with Gasteiger partial charge in [-0.15, -0.1) is 11.3 Å². The van der Waals surface area contributed by atoms with Crippen LogP contribution in [0.2, 0.25) is 0 Å². The van der Waals surface area contributed by atoms with Gasteiger partial charge >= 0.3 is 0 Å². The summed E-state index contributed by atoms with van der Waals surface area (Å²) in [5.74, 6) is 4.18. The zero-order valence-corrected chi connectivity index (χ0v) is 12.3. The molecule has 2 rings (SSSR count). The van der Waals surface area contributed by atoms with Crippen LogP contribution in [0.15, 0.2) is 21.9 Å². The maximum Gasteiger partial charge on any atom is 0.236 e. The number of nitrogens with zero attached hydrogens (tertiary/aromatic N) is 1. The molecule has 2 heterocycles. The van der Waals surface area contributed by atoms with Gasteiger partial charge in [0.25, 0.3) is 0 Å². The summed E-state index contributed by atoms with van der Waals surface area (Å²) < 4.78 is 5.70. The van der Waals surface area contributed by atoms with E-state index in [4.69, 9.17) is 10.2 Å². The van der Waals surface area contributed by atoms with Crippen molar-refractivity contribution in [2.24, 2.45) is 11.7 Å². The van der Waals surface area contributed by atoms with Crippen molar-refractivity contribution in [2.75, 3.05) is 12.3 Å². The molecule has 0 fully saturated rings. The normalized spacial score (nSPS) is 12.8. The van der Waals surface area contributed by atoms with E-state index in [1.165, 1.54) is 0 Å². The summed E-state index contributed by atoms with van der Waals surface area (Å²) in [6, 6.07) is 4.04. The van der Waals surface area contributed by atoms with Crippen LogP contribution in [0.25, 0.3) is 10.8 Å². The summed E-state index contributed by atoms with van der Waals surface area (Å²) >= 11 is 3.52. The van der Waals surface area contributed by atoms with Crippen molar-refractivity contribution in [3.05, 3.63) is 29.0 Å². The van der Waals surface area contributed by atoms with Gasteiger partial charge in [0.2, 0.25) is 5.89 Å². The number of aryl methyl sites for hydroxylation is 1. The lowest BCUT2D eigenvalue weighted by atomic mass is 10.2. The molecule has 0 saturated heterocycles. The van der Waals surface area contributed by atoms with Crippen LogP contribution in [0.1, 0.15) is 18.4 Å². The van der Waals surface area contributed by atoms with Crippen LogP contribution in [0.3, 0.4) is 0 Å². The molecule has 0 aliphatic carbocycles. The van der Waals surface area contributed by atoms with E-state index in [1.54, 1.807) is 11.3 Å². The van der Waals surface area contributed by atoms with Gasteiger partial charge in [-0.3, -0.25) is 0 Å². The monoisotopic (exact) mass is 282 g/mol. The fourth-order valence-corrected chi connectivity index (χ4v) is 3.26. The van der Waals surface area contributed by atoms with Gasteiger partial charge in [0.15, 0.2) is 0 Å². The molecule has 0 aromatic carbocycles. The Bertz CT molecular complexity index is 479. The molecule has 0 aliphatic heterocycles. The molecule has 2 aromatic heterocycles. The number of thioether (sulfide) groups is 1. The van der Waals surface area contributed by atoms with Gasteiger partial charge in [-0.2, -0.15) is 11.8 Å². The molecule has 2 N–H and O–H groups in total. The van der Waals surface area contributed by atoms with Crippen LogP contribution in [-0.4, -0.2) is 17.3 Å². The van der Waals surface area contributed by atoms with E-state index in [1.807, 2.05) is 36.2 Å². The van der Waals surface area contributed by atoms with Crippen LogP contribution >= 0.6 is 23.1 Å². The van der Waals surface area contributed by atoms with E-state index >= 15 is 0 Å². The van der Waals surface area contributed by atoms with Gasteiger partial charge in [0.1, 0.15) is 5.76 Å². The predicted molar refractivity (Wildman–Crippen MR) is 78.9 cm³/mol. The molecule has 0 saturated carbocycles. The number of thiophene rings is 1. The van der Waals surface area contributed by atoms with Gasteiger partial charge in [-0.05, 0) is 36.6 Å². The highest BCUT2D eigenvalue weighted by Crippen LogP contribution is 2.27. The largest absolute Gasteiger partial charge is 0.440 e. The fraction of sp³-hybridized carbons (Fsp3) is 0.462. The van der Waals surface area contributed by atoms with Crippen molar-refractivity contribution >= 4 is 23.1 Å². The van der Waals surface area contributed by atoms with Crippen molar-refractivity contribution in [3.63, 3.8) is 0 Å². The smallest absolute Gasteiger partial charge is 0.236 e. The molecule has 0 spiro atoms. The third-order valence-corrected chi connectivity index (χ3v) is 4.81. The second kappa shape index (κ2) is 6.41. The van der Waals surface area contributed by atoms with Gasteiger partial charge in [0.05, 0.1) is 10.6 Å². The zero-order valence-electron chi connectivity index (χ0n) is 10.7. The first kappa shape index (κ1) is 13.6. The Morgan fingerprint density at radius 3 is 3.06 bits per heavy atom. The maximum atomic E-state index is 5.70. The molecular formula is C13H18N2OS2. The SMILES string of the molecule is Cc1oc(-c2cccs2)nc1CSCC(C)CN. The van der Waals surface area contributed by atoms with E-state index in [9.17, 15) is 0 Å². The average Bonchev–Trinajstić information content (AvgIpc) is 2.99. The van der Waals surface area contributed by atoms with E-state index < -0.39 is 0 Å². The minimum atomic E-state index is 0.555. The van der Waals surface area contributed by atoms with Crippen LogP contribution in [0.5, 0.6) is 0 Å². The van der Waals surface area contributed by atoms with Gasteiger partial charge < -0.3 is 10.2 Å². The third-order valence-electron chi connectivity index (χ3n) is 2.67. The Labute approximate surface area is 116 Å². The lowest BCUT2D eigenvalue weighted by Crippen LogP contribution is -2.12. The van der Waals surface area contributed by atoms with Crippen molar-refractivity contribution in [2.45, 2.75) is 19.6 Å². The Morgan fingerprint density at radius 1 is 1.56 bits per heavy atom. The van der Waals surface area contributed by atoms with E-state index in [0.29, 0.717) is 5.92 Å². The molecule has 0 aliphatic rings. The van der Waals surface area contributed by atoms with Gasteiger partial charge in [-0.25, -0.2) is 4.98 Å². The molecule has 2 aromatic rings. The van der Waals surface area contributed by atoms with Crippen molar-refractivity contribution in [3.8, 4) is 10.8 Å².